The third-order valence-corrected chi connectivity index (χ3v) is 3.85. The van der Waals surface area contributed by atoms with Crippen molar-refractivity contribution in [3.63, 3.8) is 0 Å². The van der Waals surface area contributed by atoms with E-state index in [4.69, 9.17) is 0 Å². The van der Waals surface area contributed by atoms with Gasteiger partial charge in [-0.1, -0.05) is 88.4 Å². The maximum atomic E-state index is 13.0. The predicted octanol–water partition coefficient (Wildman–Crippen LogP) is 6.13. The largest absolute Gasteiger partial charge is 0.340 e. The number of nitrogens with zero attached hydrogens (tertiary/aromatic N) is 1. The Morgan fingerprint density at radius 2 is 1.08 bits per heavy atom. The molecule has 1 amide bonds. The monoisotopic (exact) mass is 341 g/mol. The van der Waals surface area contributed by atoms with Gasteiger partial charge in [-0.25, -0.2) is 0 Å². The average molecular weight is 342 g/mol. The maximum Gasteiger partial charge on any atom is 0.234 e. The Bertz CT molecular complexity index is 545. The molecule has 0 atom stereocenters. The van der Waals surface area contributed by atoms with Crippen LogP contribution in [0.3, 0.4) is 0 Å². The molecule has 2 nitrogen and oxygen atoms in total. The molecule has 2 rings (SSSR count). The lowest BCUT2D eigenvalue weighted by Crippen LogP contribution is -2.45. The molecule has 0 spiro atoms. The van der Waals surface area contributed by atoms with E-state index in [9.17, 15) is 4.79 Å². The molecule has 0 radical (unpaired) electrons. The van der Waals surface area contributed by atoms with E-state index in [1.807, 2.05) is 100 Å². The SMILES string of the molecule is CC.CC.CN(C(=O)C(c1ccccc1)c1ccccc1)C(C)(C)C. The van der Waals surface area contributed by atoms with Crippen LogP contribution in [0.5, 0.6) is 0 Å². The minimum Gasteiger partial charge on any atom is -0.340 e. The number of carbonyl (C=O) groups excluding carboxylic acids is 1. The number of likely N-dealkylation sites (N-methyl/N-ethyl adjacent to an activating group) is 1. The lowest BCUT2D eigenvalue weighted by atomic mass is 9.89. The molecular weight excluding hydrogens is 306 g/mol. The molecule has 2 aromatic rings. The Morgan fingerprint density at radius 1 is 0.760 bits per heavy atom. The van der Waals surface area contributed by atoms with Crippen molar-refractivity contribution in [2.24, 2.45) is 0 Å². The van der Waals surface area contributed by atoms with E-state index in [-0.39, 0.29) is 17.4 Å². The highest BCUT2D eigenvalue weighted by Gasteiger charge is 2.30. The van der Waals surface area contributed by atoms with Gasteiger partial charge in [-0.15, -0.1) is 0 Å². The lowest BCUT2D eigenvalue weighted by Gasteiger charge is -2.35. The molecule has 0 aliphatic heterocycles. The van der Waals surface area contributed by atoms with Crippen molar-refractivity contribution in [2.75, 3.05) is 7.05 Å². The van der Waals surface area contributed by atoms with Gasteiger partial charge >= 0.3 is 0 Å². The standard InChI is InChI=1S/C19H23NO.2C2H6/c1-19(2,3)20(4)18(21)17(15-11-7-5-8-12-15)16-13-9-6-10-14-16;2*1-2/h5-14,17H,1-4H3;2*1-2H3. The summed E-state index contributed by atoms with van der Waals surface area (Å²) in [6, 6.07) is 20.0. The molecule has 25 heavy (non-hydrogen) atoms. The molecule has 0 saturated heterocycles. The molecular formula is C23H35NO. The first-order valence-electron chi connectivity index (χ1n) is 9.29. The fraction of sp³-hybridized carbons (Fsp3) is 0.435. The van der Waals surface area contributed by atoms with Crippen LogP contribution in [0.15, 0.2) is 60.7 Å². The van der Waals surface area contributed by atoms with Gasteiger partial charge in [0.05, 0.1) is 5.92 Å². The van der Waals surface area contributed by atoms with Crippen molar-refractivity contribution in [2.45, 2.75) is 59.9 Å². The molecule has 138 valence electrons. The van der Waals surface area contributed by atoms with Crippen LogP contribution < -0.4 is 0 Å². The second-order valence-electron chi connectivity index (χ2n) is 6.32. The zero-order chi connectivity index (χ0) is 19.5. The molecule has 0 aromatic heterocycles. The van der Waals surface area contributed by atoms with Gasteiger partial charge in [-0.2, -0.15) is 0 Å². The second kappa shape index (κ2) is 11.5. The lowest BCUT2D eigenvalue weighted by molar-refractivity contribution is -0.134. The quantitative estimate of drug-likeness (QED) is 0.658. The summed E-state index contributed by atoms with van der Waals surface area (Å²) in [7, 11) is 1.88. The summed E-state index contributed by atoms with van der Waals surface area (Å²) in [4.78, 5) is 14.8. The smallest absolute Gasteiger partial charge is 0.234 e. The zero-order valence-electron chi connectivity index (χ0n) is 17.2. The van der Waals surface area contributed by atoms with Gasteiger partial charge in [0, 0.05) is 12.6 Å². The molecule has 2 aromatic carbocycles. The van der Waals surface area contributed by atoms with Crippen molar-refractivity contribution in [3.05, 3.63) is 71.8 Å². The summed E-state index contributed by atoms with van der Waals surface area (Å²) in [5.41, 5.74) is 1.87. The molecule has 0 unspecified atom stereocenters. The van der Waals surface area contributed by atoms with Crippen LogP contribution in [0.25, 0.3) is 0 Å². The third-order valence-electron chi connectivity index (χ3n) is 3.85. The molecule has 0 fully saturated rings. The Hall–Kier alpha value is -2.09. The fourth-order valence-electron chi connectivity index (χ4n) is 2.29. The van der Waals surface area contributed by atoms with E-state index in [2.05, 4.69) is 20.8 Å². The molecule has 0 bridgehead atoms. The molecule has 0 heterocycles. The minimum absolute atomic E-state index is 0.125. The van der Waals surface area contributed by atoms with E-state index in [1.165, 1.54) is 0 Å². The maximum absolute atomic E-state index is 13.0. The van der Waals surface area contributed by atoms with E-state index < -0.39 is 0 Å². The number of hydrogen-bond acceptors (Lipinski definition) is 1. The summed E-state index contributed by atoms with van der Waals surface area (Å²) in [6.45, 7) is 14.2. The molecule has 0 saturated carbocycles. The van der Waals surface area contributed by atoms with Crippen LogP contribution in [0.2, 0.25) is 0 Å². The minimum atomic E-state index is -0.253. The van der Waals surface area contributed by atoms with Crippen LogP contribution in [-0.4, -0.2) is 23.4 Å². The highest BCUT2D eigenvalue weighted by molar-refractivity contribution is 5.87. The third kappa shape index (κ3) is 6.74. The first-order chi connectivity index (χ1) is 11.9. The van der Waals surface area contributed by atoms with Crippen LogP contribution in [0.1, 0.15) is 65.5 Å². The van der Waals surface area contributed by atoms with Gasteiger partial charge < -0.3 is 4.90 Å². The molecule has 2 heteroatoms. The van der Waals surface area contributed by atoms with Crippen molar-refractivity contribution >= 4 is 5.91 Å². The van der Waals surface area contributed by atoms with Crippen molar-refractivity contribution < 1.29 is 4.79 Å². The molecule has 0 aliphatic carbocycles. The molecule has 0 N–H and O–H groups in total. The Labute approximate surface area is 154 Å². The van der Waals surface area contributed by atoms with Gasteiger partial charge in [-0.05, 0) is 31.9 Å². The highest BCUT2D eigenvalue weighted by Crippen LogP contribution is 2.28. The van der Waals surface area contributed by atoms with E-state index in [0.717, 1.165) is 11.1 Å². The Kier molecular flexibility index (Phi) is 10.5. The van der Waals surface area contributed by atoms with E-state index >= 15 is 0 Å². The van der Waals surface area contributed by atoms with Gasteiger partial charge in [-0.3, -0.25) is 4.79 Å². The Morgan fingerprint density at radius 3 is 1.36 bits per heavy atom. The summed E-state index contributed by atoms with van der Waals surface area (Å²) in [5, 5.41) is 0. The van der Waals surface area contributed by atoms with Gasteiger partial charge in [0.2, 0.25) is 5.91 Å². The average Bonchev–Trinajstić information content (AvgIpc) is 2.65. The summed E-state index contributed by atoms with van der Waals surface area (Å²) >= 11 is 0. The summed E-state index contributed by atoms with van der Waals surface area (Å²) in [6.07, 6.45) is 0. The normalized spacial score (nSPS) is 10.1. The summed E-state index contributed by atoms with van der Waals surface area (Å²) in [5.74, 6) is -0.128. The number of amides is 1. The van der Waals surface area contributed by atoms with Crippen molar-refractivity contribution in [1.29, 1.82) is 0 Å². The van der Waals surface area contributed by atoms with Gasteiger partial charge in [0.15, 0.2) is 0 Å². The first-order valence-corrected chi connectivity index (χ1v) is 9.29. The topological polar surface area (TPSA) is 20.3 Å². The highest BCUT2D eigenvalue weighted by atomic mass is 16.2. The van der Waals surface area contributed by atoms with Crippen LogP contribution in [0.4, 0.5) is 0 Å². The number of rotatable bonds is 3. The van der Waals surface area contributed by atoms with Crippen molar-refractivity contribution in [3.8, 4) is 0 Å². The van der Waals surface area contributed by atoms with Crippen LogP contribution >= 0.6 is 0 Å². The first kappa shape index (κ1) is 22.9. The summed E-state index contributed by atoms with van der Waals surface area (Å²) < 4.78 is 0. The van der Waals surface area contributed by atoms with Crippen LogP contribution in [0, 0.1) is 0 Å². The van der Waals surface area contributed by atoms with Crippen molar-refractivity contribution in [1.82, 2.24) is 4.90 Å². The second-order valence-corrected chi connectivity index (χ2v) is 6.32. The van der Waals surface area contributed by atoms with Gasteiger partial charge in [0.1, 0.15) is 0 Å². The Balaban J connectivity index is 0.00000134. The fourth-order valence-corrected chi connectivity index (χ4v) is 2.29. The zero-order valence-corrected chi connectivity index (χ0v) is 17.2. The van der Waals surface area contributed by atoms with Crippen LogP contribution in [-0.2, 0) is 4.79 Å². The number of benzene rings is 2. The number of carbonyl (C=O) groups is 1. The van der Waals surface area contributed by atoms with E-state index in [0.29, 0.717) is 0 Å². The number of hydrogen-bond donors (Lipinski definition) is 0. The molecule has 0 aliphatic rings. The van der Waals surface area contributed by atoms with E-state index in [1.54, 1.807) is 0 Å². The van der Waals surface area contributed by atoms with Gasteiger partial charge in [0.25, 0.3) is 0 Å². The predicted molar refractivity (Wildman–Crippen MR) is 110 cm³/mol.